The highest BCUT2D eigenvalue weighted by Gasteiger charge is 2.25. The quantitative estimate of drug-likeness (QED) is 0.808. The molecule has 20 heavy (non-hydrogen) atoms. The van der Waals surface area contributed by atoms with Gasteiger partial charge in [-0.15, -0.1) is 11.3 Å². The van der Waals surface area contributed by atoms with Gasteiger partial charge in [-0.05, 0) is 12.8 Å². The first-order valence-electron chi connectivity index (χ1n) is 7.31. The van der Waals surface area contributed by atoms with E-state index in [0.717, 1.165) is 5.00 Å². The van der Waals surface area contributed by atoms with Crippen LogP contribution in [0.2, 0.25) is 0 Å². The molecule has 0 spiro atoms. The molecule has 1 fully saturated rings. The number of nitrogen functional groups attached to an aromatic ring is 1. The summed E-state index contributed by atoms with van der Waals surface area (Å²) < 4.78 is 5.40. The normalized spacial score (nSPS) is 16.4. The molecule has 0 unspecified atom stereocenters. The lowest BCUT2D eigenvalue weighted by Gasteiger charge is -2.23. The number of hydrogen-bond acceptors (Lipinski definition) is 5. The minimum atomic E-state index is -0.0526. The van der Waals surface area contributed by atoms with Gasteiger partial charge in [-0.3, -0.25) is 4.79 Å². The number of carbonyl (C=O) groups excluding carboxylic acids is 1. The monoisotopic (exact) mass is 296 g/mol. The number of hydrogen-bond donors (Lipinski definition) is 2. The van der Waals surface area contributed by atoms with Gasteiger partial charge < -0.3 is 15.8 Å². The predicted molar refractivity (Wildman–Crippen MR) is 84.9 cm³/mol. The molecule has 2 rings (SSSR count). The Morgan fingerprint density at radius 2 is 2.00 bits per heavy atom. The summed E-state index contributed by atoms with van der Waals surface area (Å²) in [5.74, 6) is 0.662. The Morgan fingerprint density at radius 1 is 1.35 bits per heavy atom. The smallest absolute Gasteiger partial charge is 0.177 e. The van der Waals surface area contributed by atoms with Crippen LogP contribution in [0.3, 0.4) is 0 Å². The number of nitrogens with one attached hydrogen (secondary N) is 1. The number of carbonyl (C=O) groups is 1. The van der Waals surface area contributed by atoms with Gasteiger partial charge >= 0.3 is 0 Å². The van der Waals surface area contributed by atoms with E-state index in [1.165, 1.54) is 43.4 Å². The molecule has 0 radical (unpaired) electrons. The van der Waals surface area contributed by atoms with Crippen LogP contribution in [-0.4, -0.2) is 18.9 Å². The summed E-state index contributed by atoms with van der Waals surface area (Å²) in [5, 5.41) is 4.42. The molecule has 1 aromatic heterocycles. The molecule has 3 N–H and O–H groups in total. The second-order valence-electron chi connectivity index (χ2n) is 5.71. The minimum absolute atomic E-state index is 0.0526. The summed E-state index contributed by atoms with van der Waals surface area (Å²) in [6.45, 7) is 3.78. The molecule has 1 saturated carbocycles. The molecule has 0 atom stereocenters. The summed E-state index contributed by atoms with van der Waals surface area (Å²) in [6.07, 6.45) is 6.19. The van der Waals surface area contributed by atoms with E-state index in [0.29, 0.717) is 22.4 Å². The number of nitrogens with two attached hydrogens (primary N) is 1. The molecule has 1 aromatic rings. The molecule has 0 aliphatic heterocycles. The highest BCUT2D eigenvalue weighted by atomic mass is 32.1. The highest BCUT2D eigenvalue weighted by Crippen LogP contribution is 2.44. The number of ether oxygens (including phenoxy) is 1. The number of Topliss-reactive ketones (excluding diaryl/α,β-unsaturated/α-hetero) is 1. The van der Waals surface area contributed by atoms with Gasteiger partial charge in [0.05, 0.1) is 17.7 Å². The van der Waals surface area contributed by atoms with Crippen molar-refractivity contribution in [1.82, 2.24) is 0 Å². The Kier molecular flexibility index (Phi) is 4.91. The van der Waals surface area contributed by atoms with Crippen molar-refractivity contribution in [3.63, 3.8) is 0 Å². The van der Waals surface area contributed by atoms with Gasteiger partial charge in [0.15, 0.2) is 11.5 Å². The number of methoxy groups -OCH3 is 1. The fourth-order valence-electron chi connectivity index (χ4n) is 2.60. The topological polar surface area (TPSA) is 64.3 Å². The lowest BCUT2D eigenvalue weighted by molar-refractivity contribution is 0.0944. The van der Waals surface area contributed by atoms with Crippen molar-refractivity contribution in [2.45, 2.75) is 52.0 Å². The summed E-state index contributed by atoms with van der Waals surface area (Å²) in [5.41, 5.74) is 6.56. The summed E-state index contributed by atoms with van der Waals surface area (Å²) in [7, 11) is 1.61. The number of thiophene rings is 1. The Labute approximate surface area is 124 Å². The van der Waals surface area contributed by atoms with E-state index < -0.39 is 0 Å². The Balaban J connectivity index is 2.23. The SMILES string of the molecule is COc1c(NC2CCCCC2)sc(C(=O)C(C)C)c1N. The first-order valence-corrected chi connectivity index (χ1v) is 8.13. The van der Waals surface area contributed by atoms with Gasteiger partial charge in [0.2, 0.25) is 0 Å². The van der Waals surface area contributed by atoms with Crippen LogP contribution in [0.25, 0.3) is 0 Å². The van der Waals surface area contributed by atoms with Crippen molar-refractivity contribution in [2.24, 2.45) is 5.92 Å². The van der Waals surface area contributed by atoms with Crippen molar-refractivity contribution in [3.8, 4) is 5.75 Å². The molecule has 112 valence electrons. The van der Waals surface area contributed by atoms with Gasteiger partial charge in [0.1, 0.15) is 5.00 Å². The van der Waals surface area contributed by atoms with E-state index >= 15 is 0 Å². The van der Waals surface area contributed by atoms with E-state index in [2.05, 4.69) is 5.32 Å². The van der Waals surface area contributed by atoms with E-state index in [1.54, 1.807) is 7.11 Å². The summed E-state index contributed by atoms with van der Waals surface area (Å²) >= 11 is 1.43. The maximum atomic E-state index is 12.2. The molecule has 1 heterocycles. The molecule has 1 aliphatic carbocycles. The fourth-order valence-corrected chi connectivity index (χ4v) is 3.86. The average molecular weight is 296 g/mol. The number of ketones is 1. The average Bonchev–Trinajstić information content (AvgIpc) is 2.75. The van der Waals surface area contributed by atoms with Gasteiger partial charge in [-0.2, -0.15) is 0 Å². The standard InChI is InChI=1S/C15H24N2O2S/c1-9(2)12(18)14-11(16)13(19-3)15(20-14)17-10-7-5-4-6-8-10/h9-10,17H,4-8,16H2,1-3H3. The van der Waals surface area contributed by atoms with E-state index in [9.17, 15) is 4.79 Å². The maximum Gasteiger partial charge on any atom is 0.177 e. The lowest BCUT2D eigenvalue weighted by atomic mass is 9.96. The lowest BCUT2D eigenvalue weighted by Crippen LogP contribution is -2.21. The van der Waals surface area contributed by atoms with Crippen LogP contribution in [0.5, 0.6) is 5.75 Å². The number of rotatable bonds is 5. The van der Waals surface area contributed by atoms with Gasteiger partial charge in [0.25, 0.3) is 0 Å². The van der Waals surface area contributed by atoms with Crippen LogP contribution >= 0.6 is 11.3 Å². The van der Waals surface area contributed by atoms with Crippen molar-refractivity contribution in [2.75, 3.05) is 18.2 Å². The van der Waals surface area contributed by atoms with Crippen LogP contribution in [0.15, 0.2) is 0 Å². The molecule has 4 nitrogen and oxygen atoms in total. The van der Waals surface area contributed by atoms with Gasteiger partial charge in [-0.1, -0.05) is 33.1 Å². The molecular formula is C15H24N2O2S. The molecule has 1 aliphatic rings. The maximum absolute atomic E-state index is 12.2. The van der Waals surface area contributed by atoms with E-state index in [-0.39, 0.29) is 11.7 Å². The zero-order valence-corrected chi connectivity index (χ0v) is 13.3. The molecule has 0 saturated heterocycles. The third-order valence-corrected chi connectivity index (χ3v) is 4.92. The molecular weight excluding hydrogens is 272 g/mol. The molecule has 0 bridgehead atoms. The van der Waals surface area contributed by atoms with Crippen LogP contribution in [0.1, 0.15) is 55.6 Å². The Morgan fingerprint density at radius 3 is 2.55 bits per heavy atom. The summed E-state index contributed by atoms with van der Waals surface area (Å²) in [6, 6.07) is 0.470. The van der Waals surface area contributed by atoms with Crippen molar-refractivity contribution in [3.05, 3.63) is 4.88 Å². The Hall–Kier alpha value is -1.23. The molecule has 0 amide bonds. The second kappa shape index (κ2) is 6.48. The zero-order chi connectivity index (χ0) is 14.7. The third kappa shape index (κ3) is 3.08. The Bertz CT molecular complexity index is 476. The first-order chi connectivity index (χ1) is 9.54. The van der Waals surface area contributed by atoms with Crippen molar-refractivity contribution in [1.29, 1.82) is 0 Å². The minimum Gasteiger partial charge on any atom is -0.492 e. The van der Waals surface area contributed by atoms with E-state index in [1.807, 2.05) is 13.8 Å². The predicted octanol–water partition coefficient (Wildman–Crippen LogP) is 3.92. The van der Waals surface area contributed by atoms with Crippen LogP contribution < -0.4 is 15.8 Å². The third-order valence-electron chi connectivity index (χ3n) is 3.79. The molecule has 5 heteroatoms. The summed E-state index contributed by atoms with van der Waals surface area (Å²) in [4.78, 5) is 12.8. The largest absolute Gasteiger partial charge is 0.492 e. The van der Waals surface area contributed by atoms with Crippen LogP contribution in [0.4, 0.5) is 10.7 Å². The fraction of sp³-hybridized carbons (Fsp3) is 0.667. The van der Waals surface area contributed by atoms with Crippen LogP contribution in [0, 0.1) is 5.92 Å². The van der Waals surface area contributed by atoms with Crippen LogP contribution in [-0.2, 0) is 0 Å². The van der Waals surface area contributed by atoms with Gasteiger partial charge in [-0.25, -0.2) is 0 Å². The van der Waals surface area contributed by atoms with Crippen molar-refractivity contribution < 1.29 is 9.53 Å². The zero-order valence-electron chi connectivity index (χ0n) is 12.5. The first kappa shape index (κ1) is 15.2. The highest BCUT2D eigenvalue weighted by molar-refractivity contribution is 7.19. The van der Waals surface area contributed by atoms with Gasteiger partial charge in [0, 0.05) is 12.0 Å². The second-order valence-corrected chi connectivity index (χ2v) is 6.73. The van der Waals surface area contributed by atoms with E-state index in [4.69, 9.17) is 10.5 Å². The molecule has 0 aromatic carbocycles. The number of anilines is 2. The van der Waals surface area contributed by atoms with Crippen molar-refractivity contribution >= 4 is 27.8 Å².